The molecule has 2 heterocycles. The van der Waals surface area contributed by atoms with Crippen LogP contribution in [0.15, 0.2) is 0 Å². The van der Waals surface area contributed by atoms with Crippen LogP contribution >= 0.6 is 11.3 Å². The molecule has 0 saturated carbocycles. The predicted octanol–water partition coefficient (Wildman–Crippen LogP) is 0.721. The van der Waals surface area contributed by atoms with E-state index < -0.39 is 9.84 Å². The molecule has 1 N–H and O–H groups in total. The zero-order valence-electron chi connectivity index (χ0n) is 9.30. The lowest BCUT2D eigenvalue weighted by Crippen LogP contribution is -2.39. The van der Waals surface area contributed by atoms with Crippen LogP contribution in [0.3, 0.4) is 0 Å². The molecular formula is C9H15N3O2S2. The van der Waals surface area contributed by atoms with Gasteiger partial charge in [-0.25, -0.2) is 8.42 Å². The average Bonchev–Trinajstić information content (AvgIpc) is 2.64. The minimum Gasteiger partial charge on any atom is -0.306 e. The molecule has 16 heavy (non-hydrogen) atoms. The summed E-state index contributed by atoms with van der Waals surface area (Å²) in [6, 6.07) is -0.177. The van der Waals surface area contributed by atoms with E-state index in [1.807, 2.05) is 0 Å². The van der Waals surface area contributed by atoms with E-state index in [-0.39, 0.29) is 17.5 Å². The molecule has 0 spiro atoms. The zero-order valence-corrected chi connectivity index (χ0v) is 10.9. The molecular weight excluding hydrogens is 246 g/mol. The van der Waals surface area contributed by atoms with Gasteiger partial charge >= 0.3 is 0 Å². The van der Waals surface area contributed by atoms with Crippen molar-refractivity contribution in [2.75, 3.05) is 18.1 Å². The minimum absolute atomic E-state index is 0.139. The monoisotopic (exact) mass is 261 g/mol. The molecule has 1 aliphatic rings. The van der Waals surface area contributed by atoms with E-state index in [9.17, 15) is 8.42 Å². The molecule has 1 aliphatic heterocycles. The van der Waals surface area contributed by atoms with Crippen molar-refractivity contribution in [2.45, 2.75) is 25.8 Å². The molecule has 0 aliphatic carbocycles. The maximum atomic E-state index is 11.5. The van der Waals surface area contributed by atoms with Crippen molar-refractivity contribution < 1.29 is 8.42 Å². The number of hydrogen-bond acceptors (Lipinski definition) is 6. The third-order valence-corrected chi connectivity index (χ3v) is 5.48. The van der Waals surface area contributed by atoms with E-state index in [0.717, 1.165) is 10.0 Å². The van der Waals surface area contributed by atoms with E-state index in [1.165, 1.54) is 11.3 Å². The standard InChI is InChI=1S/C9H15N3O2S2/c1-6(2)8-11-12-9(15-8)7-5-16(13,14)4-3-10-7/h6-7,10H,3-5H2,1-2H3. The van der Waals surface area contributed by atoms with Crippen LogP contribution in [0.4, 0.5) is 0 Å². The molecule has 0 aromatic carbocycles. The van der Waals surface area contributed by atoms with Crippen LogP contribution in [0.25, 0.3) is 0 Å². The fraction of sp³-hybridized carbons (Fsp3) is 0.778. The van der Waals surface area contributed by atoms with Gasteiger partial charge in [0.1, 0.15) is 10.0 Å². The van der Waals surface area contributed by atoms with E-state index >= 15 is 0 Å². The quantitative estimate of drug-likeness (QED) is 0.849. The van der Waals surface area contributed by atoms with Gasteiger partial charge in [0, 0.05) is 12.5 Å². The van der Waals surface area contributed by atoms with Gasteiger partial charge in [0.25, 0.3) is 0 Å². The van der Waals surface area contributed by atoms with Crippen molar-refractivity contribution in [1.82, 2.24) is 15.5 Å². The van der Waals surface area contributed by atoms with E-state index in [4.69, 9.17) is 0 Å². The summed E-state index contributed by atoms with van der Waals surface area (Å²) in [4.78, 5) is 0. The summed E-state index contributed by atoms with van der Waals surface area (Å²) in [6.45, 7) is 4.61. The Morgan fingerprint density at radius 1 is 1.44 bits per heavy atom. The smallest absolute Gasteiger partial charge is 0.153 e. The summed E-state index contributed by atoms with van der Waals surface area (Å²) in [5.41, 5.74) is 0. The number of hydrogen-bond donors (Lipinski definition) is 1. The van der Waals surface area contributed by atoms with Crippen LogP contribution in [0.1, 0.15) is 35.8 Å². The summed E-state index contributed by atoms with van der Waals surface area (Å²) < 4.78 is 23.0. The predicted molar refractivity (Wildman–Crippen MR) is 63.4 cm³/mol. The number of rotatable bonds is 2. The lowest BCUT2D eigenvalue weighted by Gasteiger charge is -2.21. The molecule has 7 heteroatoms. The SMILES string of the molecule is CC(C)c1nnc(C2CS(=O)(=O)CCN2)s1. The van der Waals surface area contributed by atoms with Crippen LogP contribution in [0, 0.1) is 0 Å². The Kier molecular flexibility index (Phi) is 3.27. The highest BCUT2D eigenvalue weighted by Gasteiger charge is 2.28. The molecule has 2 rings (SSSR count). The lowest BCUT2D eigenvalue weighted by atomic mass is 10.2. The van der Waals surface area contributed by atoms with Crippen molar-refractivity contribution >= 4 is 21.2 Å². The van der Waals surface area contributed by atoms with Crippen LogP contribution in [-0.4, -0.2) is 36.7 Å². The number of nitrogens with zero attached hydrogens (tertiary/aromatic N) is 2. The summed E-state index contributed by atoms with van der Waals surface area (Å²) in [6.07, 6.45) is 0. The Labute approximate surface area is 99.2 Å². The molecule has 1 aromatic rings. The van der Waals surface area contributed by atoms with Crippen LogP contribution in [-0.2, 0) is 9.84 Å². The van der Waals surface area contributed by atoms with Crippen LogP contribution < -0.4 is 5.32 Å². The molecule has 0 bridgehead atoms. The van der Waals surface area contributed by atoms with Gasteiger partial charge in [0.05, 0.1) is 17.5 Å². The lowest BCUT2D eigenvalue weighted by molar-refractivity contribution is 0.527. The Balaban J connectivity index is 2.17. The summed E-state index contributed by atoms with van der Waals surface area (Å²) in [5, 5.41) is 13.1. The number of sulfone groups is 1. The van der Waals surface area contributed by atoms with E-state index in [0.29, 0.717) is 12.5 Å². The van der Waals surface area contributed by atoms with E-state index in [1.54, 1.807) is 0 Å². The summed E-state index contributed by atoms with van der Waals surface area (Å²) in [7, 11) is -2.91. The topological polar surface area (TPSA) is 72.0 Å². The summed E-state index contributed by atoms with van der Waals surface area (Å²) in [5.74, 6) is 0.699. The first-order valence-corrected chi connectivity index (χ1v) is 7.89. The average molecular weight is 261 g/mol. The first-order valence-electron chi connectivity index (χ1n) is 5.25. The maximum absolute atomic E-state index is 11.5. The molecule has 0 amide bonds. The second kappa shape index (κ2) is 4.38. The third kappa shape index (κ3) is 2.58. The highest BCUT2D eigenvalue weighted by Crippen LogP contribution is 2.25. The van der Waals surface area contributed by atoms with Gasteiger partial charge in [-0.15, -0.1) is 10.2 Å². The molecule has 1 aromatic heterocycles. The molecule has 5 nitrogen and oxygen atoms in total. The van der Waals surface area contributed by atoms with Crippen molar-refractivity contribution in [3.8, 4) is 0 Å². The maximum Gasteiger partial charge on any atom is 0.153 e. The van der Waals surface area contributed by atoms with Crippen LogP contribution in [0.5, 0.6) is 0 Å². The molecule has 0 radical (unpaired) electrons. The van der Waals surface area contributed by atoms with Gasteiger partial charge < -0.3 is 5.32 Å². The molecule has 1 atom stereocenters. The fourth-order valence-electron chi connectivity index (χ4n) is 1.56. The minimum atomic E-state index is -2.91. The van der Waals surface area contributed by atoms with E-state index in [2.05, 4.69) is 29.4 Å². The Hall–Kier alpha value is -0.530. The fourth-order valence-corrected chi connectivity index (χ4v) is 3.97. The number of nitrogens with one attached hydrogen (secondary N) is 1. The van der Waals surface area contributed by atoms with Crippen molar-refractivity contribution in [3.05, 3.63) is 10.0 Å². The highest BCUT2D eigenvalue weighted by molar-refractivity contribution is 7.91. The van der Waals surface area contributed by atoms with Gasteiger partial charge in [0.15, 0.2) is 9.84 Å². The van der Waals surface area contributed by atoms with Gasteiger partial charge in [-0.1, -0.05) is 25.2 Å². The Bertz CT molecular complexity index is 467. The van der Waals surface area contributed by atoms with Crippen molar-refractivity contribution in [1.29, 1.82) is 0 Å². The largest absolute Gasteiger partial charge is 0.306 e. The number of aromatic nitrogens is 2. The first kappa shape index (κ1) is 11.9. The van der Waals surface area contributed by atoms with Crippen LogP contribution in [0.2, 0.25) is 0 Å². The Morgan fingerprint density at radius 2 is 2.19 bits per heavy atom. The van der Waals surface area contributed by atoms with Gasteiger partial charge in [-0.3, -0.25) is 0 Å². The molecule has 1 unspecified atom stereocenters. The van der Waals surface area contributed by atoms with Gasteiger partial charge in [-0.05, 0) is 0 Å². The molecule has 90 valence electrons. The van der Waals surface area contributed by atoms with Gasteiger partial charge in [-0.2, -0.15) is 0 Å². The van der Waals surface area contributed by atoms with Crippen molar-refractivity contribution in [3.63, 3.8) is 0 Å². The Morgan fingerprint density at radius 3 is 2.75 bits per heavy atom. The molecule has 1 saturated heterocycles. The van der Waals surface area contributed by atoms with Gasteiger partial charge in [0.2, 0.25) is 0 Å². The zero-order chi connectivity index (χ0) is 11.8. The summed E-state index contributed by atoms with van der Waals surface area (Å²) >= 11 is 1.50. The highest BCUT2D eigenvalue weighted by atomic mass is 32.2. The normalized spacial score (nSPS) is 24.8. The third-order valence-electron chi connectivity index (χ3n) is 2.47. The first-order chi connectivity index (χ1) is 7.48. The second-order valence-electron chi connectivity index (χ2n) is 4.25. The van der Waals surface area contributed by atoms with Crippen molar-refractivity contribution in [2.24, 2.45) is 0 Å². The second-order valence-corrected chi connectivity index (χ2v) is 7.52. The molecule has 1 fully saturated rings.